The summed E-state index contributed by atoms with van der Waals surface area (Å²) in [5.41, 5.74) is 0.824. The van der Waals surface area contributed by atoms with E-state index in [2.05, 4.69) is 26.0 Å². The third kappa shape index (κ3) is 4.72. The molecule has 0 amide bonds. The second-order valence-corrected chi connectivity index (χ2v) is 5.83. The molecule has 0 unspecified atom stereocenters. The minimum atomic E-state index is -4.32. The fourth-order valence-corrected chi connectivity index (χ4v) is 2.90. The summed E-state index contributed by atoms with van der Waals surface area (Å²) in [6, 6.07) is 8.37. The molecule has 20 heavy (non-hydrogen) atoms. The van der Waals surface area contributed by atoms with Crippen LogP contribution < -0.4 is 10.1 Å². The van der Waals surface area contributed by atoms with Crippen LogP contribution in [0.25, 0.3) is 0 Å². The summed E-state index contributed by atoms with van der Waals surface area (Å²) < 4.78 is 41.7. The number of halogens is 4. The quantitative estimate of drug-likeness (QED) is 0.798. The molecular formula is C13H11BrF3NOS. The van der Waals surface area contributed by atoms with Gasteiger partial charge in [-0.25, -0.2) is 0 Å². The van der Waals surface area contributed by atoms with Crippen molar-refractivity contribution in [3.8, 4) is 5.75 Å². The zero-order chi connectivity index (χ0) is 14.6. The van der Waals surface area contributed by atoms with E-state index in [9.17, 15) is 13.2 Å². The van der Waals surface area contributed by atoms with E-state index < -0.39 is 12.8 Å². The van der Waals surface area contributed by atoms with E-state index in [0.29, 0.717) is 6.54 Å². The SMILES string of the molecule is FC(F)(F)COc1ccc(NCc2sccc2Br)cc1. The molecule has 0 aliphatic carbocycles. The van der Waals surface area contributed by atoms with E-state index in [4.69, 9.17) is 0 Å². The van der Waals surface area contributed by atoms with Crippen molar-refractivity contribution in [2.24, 2.45) is 0 Å². The van der Waals surface area contributed by atoms with E-state index in [1.807, 2.05) is 11.4 Å². The average molecular weight is 366 g/mol. The Kier molecular flexibility index (Phi) is 4.93. The molecule has 1 aromatic heterocycles. The predicted molar refractivity (Wildman–Crippen MR) is 77.3 cm³/mol. The predicted octanol–water partition coefficient (Wildman–Crippen LogP) is 5.06. The van der Waals surface area contributed by atoms with Gasteiger partial charge in [0.25, 0.3) is 0 Å². The van der Waals surface area contributed by atoms with E-state index in [1.165, 1.54) is 12.1 Å². The normalized spacial score (nSPS) is 11.4. The van der Waals surface area contributed by atoms with Gasteiger partial charge in [-0.2, -0.15) is 13.2 Å². The number of rotatable bonds is 5. The van der Waals surface area contributed by atoms with Crippen LogP contribution in [-0.4, -0.2) is 12.8 Å². The van der Waals surface area contributed by atoms with E-state index in [-0.39, 0.29) is 5.75 Å². The molecule has 0 fully saturated rings. The maximum atomic E-state index is 12.0. The Bertz CT molecular complexity index is 553. The molecule has 0 bridgehead atoms. The van der Waals surface area contributed by atoms with E-state index in [1.54, 1.807) is 23.5 Å². The van der Waals surface area contributed by atoms with Crippen LogP contribution in [0.15, 0.2) is 40.2 Å². The van der Waals surface area contributed by atoms with E-state index >= 15 is 0 Å². The Morgan fingerprint density at radius 3 is 2.40 bits per heavy atom. The Hall–Kier alpha value is -1.21. The highest BCUT2D eigenvalue weighted by atomic mass is 79.9. The van der Waals surface area contributed by atoms with Gasteiger partial charge < -0.3 is 10.1 Å². The van der Waals surface area contributed by atoms with Crippen LogP contribution in [0.3, 0.4) is 0 Å². The largest absolute Gasteiger partial charge is 0.484 e. The van der Waals surface area contributed by atoms with Crippen LogP contribution in [0.4, 0.5) is 18.9 Å². The molecule has 1 heterocycles. The molecule has 1 N–H and O–H groups in total. The zero-order valence-electron chi connectivity index (χ0n) is 10.2. The van der Waals surface area contributed by atoms with Crippen molar-refractivity contribution in [1.82, 2.24) is 0 Å². The first kappa shape index (κ1) is 15.2. The molecule has 0 atom stereocenters. The Balaban J connectivity index is 1.87. The molecule has 2 nitrogen and oxygen atoms in total. The van der Waals surface area contributed by atoms with Gasteiger partial charge in [0.1, 0.15) is 5.75 Å². The van der Waals surface area contributed by atoms with E-state index in [0.717, 1.165) is 15.0 Å². The van der Waals surface area contributed by atoms with Crippen molar-refractivity contribution in [2.75, 3.05) is 11.9 Å². The van der Waals surface area contributed by atoms with Crippen LogP contribution in [0, 0.1) is 0 Å². The minimum absolute atomic E-state index is 0.199. The van der Waals surface area contributed by atoms with Crippen LogP contribution in [0.5, 0.6) is 5.75 Å². The molecular weight excluding hydrogens is 355 g/mol. The van der Waals surface area contributed by atoms with Crippen LogP contribution in [0.2, 0.25) is 0 Å². The number of hydrogen-bond acceptors (Lipinski definition) is 3. The number of anilines is 1. The molecule has 0 saturated carbocycles. The van der Waals surface area contributed by atoms with Crippen molar-refractivity contribution in [3.05, 3.63) is 45.1 Å². The lowest BCUT2D eigenvalue weighted by Gasteiger charge is -2.10. The molecule has 1 aromatic carbocycles. The number of benzene rings is 1. The zero-order valence-corrected chi connectivity index (χ0v) is 12.6. The Morgan fingerprint density at radius 1 is 1.15 bits per heavy atom. The number of nitrogens with one attached hydrogen (secondary N) is 1. The van der Waals surface area contributed by atoms with Gasteiger partial charge in [-0.3, -0.25) is 0 Å². The topological polar surface area (TPSA) is 21.3 Å². The van der Waals surface area contributed by atoms with Crippen molar-refractivity contribution >= 4 is 33.0 Å². The second kappa shape index (κ2) is 6.49. The van der Waals surface area contributed by atoms with Crippen molar-refractivity contribution in [3.63, 3.8) is 0 Å². The Morgan fingerprint density at radius 2 is 1.85 bits per heavy atom. The molecule has 0 radical (unpaired) electrons. The molecule has 108 valence electrons. The summed E-state index contributed by atoms with van der Waals surface area (Å²) in [5.74, 6) is 0.199. The first-order valence-corrected chi connectivity index (χ1v) is 7.37. The lowest BCUT2D eigenvalue weighted by Crippen LogP contribution is -2.19. The van der Waals surface area contributed by atoms with Crippen LogP contribution in [-0.2, 0) is 6.54 Å². The van der Waals surface area contributed by atoms with Crippen LogP contribution in [0.1, 0.15) is 4.88 Å². The van der Waals surface area contributed by atoms with Gasteiger partial charge >= 0.3 is 6.18 Å². The van der Waals surface area contributed by atoms with Crippen molar-refractivity contribution in [1.29, 1.82) is 0 Å². The number of alkyl halides is 3. The smallest absolute Gasteiger partial charge is 0.422 e. The van der Waals surface area contributed by atoms with Crippen LogP contribution >= 0.6 is 27.3 Å². The van der Waals surface area contributed by atoms with Gasteiger partial charge in [0, 0.05) is 15.0 Å². The molecule has 7 heteroatoms. The molecule has 2 rings (SSSR count). The van der Waals surface area contributed by atoms with Gasteiger partial charge in [0.15, 0.2) is 6.61 Å². The first-order chi connectivity index (χ1) is 9.44. The summed E-state index contributed by atoms with van der Waals surface area (Å²) in [5, 5.41) is 5.17. The fraction of sp³-hybridized carbons (Fsp3) is 0.231. The van der Waals surface area contributed by atoms with Gasteiger partial charge in [-0.1, -0.05) is 0 Å². The minimum Gasteiger partial charge on any atom is -0.484 e. The van der Waals surface area contributed by atoms with Gasteiger partial charge in [0.2, 0.25) is 0 Å². The maximum absolute atomic E-state index is 12.0. The highest BCUT2D eigenvalue weighted by Gasteiger charge is 2.28. The average Bonchev–Trinajstić information content (AvgIpc) is 2.80. The third-order valence-electron chi connectivity index (χ3n) is 2.40. The lowest BCUT2D eigenvalue weighted by molar-refractivity contribution is -0.153. The van der Waals surface area contributed by atoms with Gasteiger partial charge in [-0.15, -0.1) is 11.3 Å². The number of hydrogen-bond donors (Lipinski definition) is 1. The summed E-state index contributed by atoms with van der Waals surface area (Å²) in [6.45, 7) is -0.622. The Labute approximate surface area is 126 Å². The summed E-state index contributed by atoms with van der Waals surface area (Å²) in [4.78, 5) is 1.15. The van der Waals surface area contributed by atoms with Gasteiger partial charge in [-0.05, 0) is 51.6 Å². The lowest BCUT2D eigenvalue weighted by atomic mass is 10.3. The monoisotopic (exact) mass is 365 g/mol. The molecule has 0 aliphatic rings. The molecule has 0 saturated heterocycles. The maximum Gasteiger partial charge on any atom is 0.422 e. The molecule has 2 aromatic rings. The third-order valence-corrected chi connectivity index (χ3v) is 4.33. The number of thiophene rings is 1. The standard InChI is InChI=1S/C13H11BrF3NOS/c14-11-5-6-20-12(11)7-18-9-1-3-10(4-2-9)19-8-13(15,16)17/h1-6,18H,7-8H2. The molecule has 0 spiro atoms. The highest BCUT2D eigenvalue weighted by molar-refractivity contribution is 9.10. The highest BCUT2D eigenvalue weighted by Crippen LogP contribution is 2.24. The second-order valence-electron chi connectivity index (χ2n) is 3.97. The fourth-order valence-electron chi connectivity index (χ4n) is 1.47. The summed E-state index contributed by atoms with van der Waals surface area (Å²) in [7, 11) is 0. The van der Waals surface area contributed by atoms with Crippen molar-refractivity contribution < 1.29 is 17.9 Å². The molecule has 0 aliphatic heterocycles. The number of ether oxygens (including phenoxy) is 1. The summed E-state index contributed by atoms with van der Waals surface area (Å²) >= 11 is 5.06. The van der Waals surface area contributed by atoms with Crippen molar-refractivity contribution in [2.45, 2.75) is 12.7 Å². The first-order valence-electron chi connectivity index (χ1n) is 5.69. The van der Waals surface area contributed by atoms with Gasteiger partial charge in [0.05, 0.1) is 6.54 Å². The summed E-state index contributed by atoms with van der Waals surface area (Å²) in [6.07, 6.45) is -4.32.